The van der Waals surface area contributed by atoms with Crippen molar-refractivity contribution in [1.29, 1.82) is 0 Å². The zero-order chi connectivity index (χ0) is 20.1. The SMILES string of the molecule is CCC(C)/C=C(C)/C=C/C(=O)C1C(=O)NC(C(O)c2ccc(O)cc2)C1=O. The van der Waals surface area contributed by atoms with E-state index in [-0.39, 0.29) is 5.75 Å². The van der Waals surface area contributed by atoms with Gasteiger partial charge >= 0.3 is 0 Å². The predicted octanol–water partition coefficient (Wildman–Crippen LogP) is 2.23. The second-order valence-electron chi connectivity index (χ2n) is 6.89. The molecule has 4 unspecified atom stereocenters. The van der Waals surface area contributed by atoms with Crippen molar-refractivity contribution < 1.29 is 24.6 Å². The molecule has 1 aromatic carbocycles. The highest BCUT2D eigenvalue weighted by Crippen LogP contribution is 2.26. The van der Waals surface area contributed by atoms with E-state index in [1.54, 1.807) is 6.08 Å². The summed E-state index contributed by atoms with van der Waals surface area (Å²) in [5.41, 5.74) is 1.24. The summed E-state index contributed by atoms with van der Waals surface area (Å²) in [6.07, 6.45) is 4.53. The van der Waals surface area contributed by atoms with Crippen molar-refractivity contribution in [2.75, 3.05) is 0 Å². The van der Waals surface area contributed by atoms with Gasteiger partial charge in [0.25, 0.3) is 0 Å². The summed E-state index contributed by atoms with van der Waals surface area (Å²) >= 11 is 0. The van der Waals surface area contributed by atoms with Crippen LogP contribution in [0.15, 0.2) is 48.1 Å². The molecule has 1 amide bonds. The zero-order valence-corrected chi connectivity index (χ0v) is 15.7. The maximum atomic E-state index is 12.5. The summed E-state index contributed by atoms with van der Waals surface area (Å²) in [5.74, 6) is -3.03. The molecule has 0 spiro atoms. The number of phenols is 1. The topological polar surface area (TPSA) is 104 Å². The van der Waals surface area contributed by atoms with E-state index in [4.69, 9.17) is 0 Å². The Bertz CT molecular complexity index is 778. The molecule has 1 aliphatic rings. The maximum Gasteiger partial charge on any atom is 0.239 e. The number of benzene rings is 1. The van der Waals surface area contributed by atoms with Crippen molar-refractivity contribution in [1.82, 2.24) is 5.32 Å². The van der Waals surface area contributed by atoms with E-state index in [9.17, 15) is 24.6 Å². The van der Waals surface area contributed by atoms with Crippen LogP contribution in [0.1, 0.15) is 38.9 Å². The molecule has 2 rings (SSSR count). The second kappa shape index (κ2) is 8.77. The molecule has 0 aromatic heterocycles. The number of hydrogen-bond acceptors (Lipinski definition) is 5. The summed E-state index contributed by atoms with van der Waals surface area (Å²) in [4.78, 5) is 37.1. The normalized spacial score (nSPS) is 22.7. The van der Waals surface area contributed by atoms with Gasteiger partial charge in [0.1, 0.15) is 17.9 Å². The lowest BCUT2D eigenvalue weighted by Gasteiger charge is -2.17. The largest absolute Gasteiger partial charge is 0.508 e. The molecule has 1 aromatic rings. The third kappa shape index (κ3) is 4.92. The van der Waals surface area contributed by atoms with E-state index >= 15 is 0 Å². The molecule has 3 N–H and O–H groups in total. The van der Waals surface area contributed by atoms with Gasteiger partial charge in [0.2, 0.25) is 5.91 Å². The van der Waals surface area contributed by atoms with Crippen molar-refractivity contribution in [3.05, 3.63) is 53.6 Å². The highest BCUT2D eigenvalue weighted by Gasteiger charge is 2.47. The van der Waals surface area contributed by atoms with Crippen LogP contribution in [0.5, 0.6) is 5.75 Å². The number of Topliss-reactive ketones (excluding diaryl/α,β-unsaturated/α-hetero) is 1. The number of aliphatic hydroxyl groups excluding tert-OH is 1. The Balaban J connectivity index is 2.12. The monoisotopic (exact) mass is 371 g/mol. The Morgan fingerprint density at radius 1 is 1.22 bits per heavy atom. The van der Waals surface area contributed by atoms with Crippen LogP contribution in [-0.4, -0.2) is 33.7 Å². The number of carbonyl (C=O) groups excluding carboxylic acids is 3. The lowest BCUT2D eigenvalue weighted by molar-refractivity contribution is -0.134. The van der Waals surface area contributed by atoms with E-state index in [2.05, 4.69) is 19.2 Å². The van der Waals surface area contributed by atoms with Crippen molar-refractivity contribution in [2.45, 2.75) is 39.3 Å². The number of amides is 1. The van der Waals surface area contributed by atoms with E-state index in [0.29, 0.717) is 11.5 Å². The molecular formula is C21H25NO5. The van der Waals surface area contributed by atoms with Gasteiger partial charge in [0.15, 0.2) is 17.5 Å². The number of ketones is 2. The summed E-state index contributed by atoms with van der Waals surface area (Å²) in [7, 11) is 0. The molecule has 0 saturated carbocycles. The number of carbonyl (C=O) groups is 3. The number of allylic oxidation sites excluding steroid dienone is 4. The summed E-state index contributed by atoms with van der Waals surface area (Å²) in [5, 5.41) is 22.1. The molecular weight excluding hydrogens is 346 g/mol. The van der Waals surface area contributed by atoms with Crippen molar-refractivity contribution in [2.24, 2.45) is 11.8 Å². The van der Waals surface area contributed by atoms with Gasteiger partial charge in [-0.1, -0.05) is 50.1 Å². The fraction of sp³-hybridized carbons (Fsp3) is 0.381. The van der Waals surface area contributed by atoms with Crippen LogP contribution in [0.3, 0.4) is 0 Å². The first kappa shape index (κ1) is 20.6. The number of aromatic hydroxyl groups is 1. The van der Waals surface area contributed by atoms with Gasteiger partial charge in [-0.05, 0) is 36.6 Å². The van der Waals surface area contributed by atoms with Crippen LogP contribution in [0, 0.1) is 11.8 Å². The third-order valence-corrected chi connectivity index (χ3v) is 4.69. The van der Waals surface area contributed by atoms with Crippen molar-refractivity contribution in [3.8, 4) is 5.75 Å². The molecule has 6 heteroatoms. The van der Waals surface area contributed by atoms with E-state index in [1.807, 2.05) is 13.0 Å². The van der Waals surface area contributed by atoms with Crippen LogP contribution < -0.4 is 5.32 Å². The molecule has 144 valence electrons. The Hall–Kier alpha value is -2.73. The highest BCUT2D eigenvalue weighted by molar-refractivity contribution is 6.26. The average Bonchev–Trinajstić information content (AvgIpc) is 2.94. The quantitative estimate of drug-likeness (QED) is 0.387. The van der Waals surface area contributed by atoms with Crippen LogP contribution in [-0.2, 0) is 14.4 Å². The predicted molar refractivity (Wildman–Crippen MR) is 101 cm³/mol. The Morgan fingerprint density at radius 3 is 2.44 bits per heavy atom. The minimum absolute atomic E-state index is 0.0201. The van der Waals surface area contributed by atoms with Gasteiger partial charge in [-0.2, -0.15) is 0 Å². The fourth-order valence-electron chi connectivity index (χ4n) is 2.92. The molecule has 1 saturated heterocycles. The lowest BCUT2D eigenvalue weighted by Crippen LogP contribution is -2.35. The number of aliphatic hydroxyl groups is 1. The smallest absolute Gasteiger partial charge is 0.239 e. The van der Waals surface area contributed by atoms with Crippen molar-refractivity contribution >= 4 is 17.5 Å². The number of rotatable bonds is 7. The summed E-state index contributed by atoms with van der Waals surface area (Å²) < 4.78 is 0. The van der Waals surface area contributed by atoms with Gasteiger partial charge in [0.05, 0.1) is 0 Å². The average molecular weight is 371 g/mol. The lowest BCUT2D eigenvalue weighted by atomic mass is 9.93. The summed E-state index contributed by atoms with van der Waals surface area (Å²) in [6, 6.07) is 4.46. The highest BCUT2D eigenvalue weighted by atomic mass is 16.3. The minimum Gasteiger partial charge on any atom is -0.508 e. The van der Waals surface area contributed by atoms with Crippen LogP contribution >= 0.6 is 0 Å². The molecule has 4 atom stereocenters. The second-order valence-corrected chi connectivity index (χ2v) is 6.89. The van der Waals surface area contributed by atoms with Gasteiger partial charge in [-0.15, -0.1) is 0 Å². The van der Waals surface area contributed by atoms with Gasteiger partial charge in [0, 0.05) is 0 Å². The molecule has 27 heavy (non-hydrogen) atoms. The van der Waals surface area contributed by atoms with Gasteiger partial charge in [-0.3, -0.25) is 14.4 Å². The number of hydrogen-bond donors (Lipinski definition) is 3. The first-order chi connectivity index (χ1) is 12.7. The zero-order valence-electron chi connectivity index (χ0n) is 15.7. The van der Waals surface area contributed by atoms with Gasteiger partial charge in [-0.25, -0.2) is 0 Å². The third-order valence-electron chi connectivity index (χ3n) is 4.69. The molecule has 1 heterocycles. The first-order valence-corrected chi connectivity index (χ1v) is 8.96. The van der Waals surface area contributed by atoms with Crippen LogP contribution in [0.4, 0.5) is 0 Å². The maximum absolute atomic E-state index is 12.5. The van der Waals surface area contributed by atoms with Crippen LogP contribution in [0.2, 0.25) is 0 Å². The Morgan fingerprint density at radius 2 is 1.85 bits per heavy atom. The Kier molecular flexibility index (Phi) is 6.69. The molecule has 6 nitrogen and oxygen atoms in total. The standard InChI is InChI=1S/C21H25NO5/c1-4-12(2)11-13(3)5-10-16(24)17-20(26)18(22-21(17)27)19(25)14-6-8-15(23)9-7-14/h5-12,17-19,23,25H,4H2,1-3H3,(H,22,27)/b10-5+,13-11+. The fourth-order valence-corrected chi connectivity index (χ4v) is 2.92. The first-order valence-electron chi connectivity index (χ1n) is 8.96. The molecule has 1 aliphatic heterocycles. The van der Waals surface area contributed by atoms with E-state index < -0.39 is 35.5 Å². The molecule has 1 fully saturated rings. The van der Waals surface area contributed by atoms with Crippen LogP contribution in [0.25, 0.3) is 0 Å². The van der Waals surface area contributed by atoms with E-state index in [0.717, 1.165) is 12.0 Å². The summed E-state index contributed by atoms with van der Waals surface area (Å²) in [6.45, 7) is 5.97. The molecule has 0 bridgehead atoms. The molecule has 0 aliphatic carbocycles. The van der Waals surface area contributed by atoms with E-state index in [1.165, 1.54) is 30.3 Å². The Labute approximate surface area is 158 Å². The molecule has 0 radical (unpaired) electrons. The number of nitrogens with one attached hydrogen (secondary N) is 1. The number of phenolic OH excluding ortho intramolecular Hbond substituents is 1. The minimum atomic E-state index is -1.45. The van der Waals surface area contributed by atoms with Gasteiger partial charge < -0.3 is 15.5 Å². The van der Waals surface area contributed by atoms with Crippen molar-refractivity contribution in [3.63, 3.8) is 0 Å².